The molecule has 0 saturated carbocycles. The molecule has 2 amide bonds. The van der Waals surface area contributed by atoms with Crippen LogP contribution in [0.3, 0.4) is 0 Å². The van der Waals surface area contributed by atoms with Crippen LogP contribution in [0, 0.1) is 13.8 Å². The largest absolute Gasteiger partial charge is 0.326 e. The van der Waals surface area contributed by atoms with Crippen LogP contribution in [0.25, 0.3) is 0 Å². The van der Waals surface area contributed by atoms with Crippen LogP contribution in [-0.2, 0) is 16.0 Å². The lowest BCUT2D eigenvalue weighted by atomic mass is 10.0. The number of benzene rings is 2. The van der Waals surface area contributed by atoms with Crippen LogP contribution in [0.15, 0.2) is 42.5 Å². The molecule has 1 heterocycles. The molecule has 1 N–H and O–H groups in total. The molecule has 130 valence electrons. The fourth-order valence-electron chi connectivity index (χ4n) is 3.11. The van der Waals surface area contributed by atoms with E-state index >= 15 is 0 Å². The summed E-state index contributed by atoms with van der Waals surface area (Å²) in [6, 6.07) is 13.8. The summed E-state index contributed by atoms with van der Waals surface area (Å²) in [7, 11) is 0. The number of anilines is 2. The number of nitrogens with one attached hydrogen (secondary N) is 1. The molecule has 0 radical (unpaired) electrons. The third-order valence-electron chi connectivity index (χ3n) is 4.73. The standard InChI is InChI=1S/C21H24N2O2/c1-15-8-9-17(13-16(15)2)10-11-20(24)22-18-5-3-6-19(14-18)23-12-4-7-21(23)25/h3,5-6,8-9,13-14H,4,7,10-12H2,1-2H3,(H,22,24). The number of nitrogens with zero attached hydrogens (tertiary/aromatic N) is 1. The predicted molar refractivity (Wildman–Crippen MR) is 101 cm³/mol. The van der Waals surface area contributed by atoms with Gasteiger partial charge in [0.15, 0.2) is 0 Å². The highest BCUT2D eigenvalue weighted by Gasteiger charge is 2.21. The van der Waals surface area contributed by atoms with Crippen LogP contribution in [0.2, 0.25) is 0 Å². The second-order valence-electron chi connectivity index (χ2n) is 6.67. The Labute approximate surface area is 148 Å². The number of hydrogen-bond donors (Lipinski definition) is 1. The highest BCUT2D eigenvalue weighted by atomic mass is 16.2. The SMILES string of the molecule is Cc1ccc(CCC(=O)Nc2cccc(N3CCCC3=O)c2)cc1C. The summed E-state index contributed by atoms with van der Waals surface area (Å²) in [5, 5.41) is 2.94. The van der Waals surface area contributed by atoms with Gasteiger partial charge in [-0.05, 0) is 61.6 Å². The molecule has 1 aliphatic rings. The van der Waals surface area contributed by atoms with Gasteiger partial charge in [-0.25, -0.2) is 0 Å². The van der Waals surface area contributed by atoms with Crippen molar-refractivity contribution in [3.05, 3.63) is 59.2 Å². The minimum atomic E-state index is -0.0110. The second-order valence-corrected chi connectivity index (χ2v) is 6.67. The normalized spacial score (nSPS) is 14.0. The summed E-state index contributed by atoms with van der Waals surface area (Å²) < 4.78 is 0. The summed E-state index contributed by atoms with van der Waals surface area (Å²) in [6.45, 7) is 4.93. The highest BCUT2D eigenvalue weighted by molar-refractivity contribution is 5.97. The molecule has 0 atom stereocenters. The van der Waals surface area contributed by atoms with E-state index in [2.05, 4.69) is 37.4 Å². The number of rotatable bonds is 5. The van der Waals surface area contributed by atoms with Gasteiger partial charge in [0, 0.05) is 30.8 Å². The Kier molecular flexibility index (Phi) is 5.17. The van der Waals surface area contributed by atoms with Crippen molar-refractivity contribution >= 4 is 23.2 Å². The molecule has 0 aromatic heterocycles. The molecule has 3 rings (SSSR count). The van der Waals surface area contributed by atoms with Crippen molar-refractivity contribution in [1.82, 2.24) is 0 Å². The first-order valence-corrected chi connectivity index (χ1v) is 8.79. The summed E-state index contributed by atoms with van der Waals surface area (Å²) in [5.41, 5.74) is 5.29. The van der Waals surface area contributed by atoms with Crippen molar-refractivity contribution in [2.24, 2.45) is 0 Å². The van der Waals surface area contributed by atoms with Crippen molar-refractivity contribution in [2.75, 3.05) is 16.8 Å². The van der Waals surface area contributed by atoms with Crippen LogP contribution < -0.4 is 10.2 Å². The van der Waals surface area contributed by atoms with Gasteiger partial charge in [0.2, 0.25) is 11.8 Å². The van der Waals surface area contributed by atoms with E-state index in [1.807, 2.05) is 24.3 Å². The summed E-state index contributed by atoms with van der Waals surface area (Å²) >= 11 is 0. The molecule has 25 heavy (non-hydrogen) atoms. The monoisotopic (exact) mass is 336 g/mol. The van der Waals surface area contributed by atoms with Crippen LogP contribution in [0.5, 0.6) is 0 Å². The fraction of sp³-hybridized carbons (Fsp3) is 0.333. The summed E-state index contributed by atoms with van der Waals surface area (Å²) in [4.78, 5) is 25.9. The Morgan fingerprint density at radius 2 is 1.96 bits per heavy atom. The van der Waals surface area contributed by atoms with Crippen molar-refractivity contribution in [3.8, 4) is 0 Å². The first-order valence-electron chi connectivity index (χ1n) is 8.79. The zero-order chi connectivity index (χ0) is 17.8. The Morgan fingerprint density at radius 3 is 2.68 bits per heavy atom. The zero-order valence-electron chi connectivity index (χ0n) is 14.8. The zero-order valence-corrected chi connectivity index (χ0v) is 14.8. The highest BCUT2D eigenvalue weighted by Crippen LogP contribution is 2.24. The Hall–Kier alpha value is -2.62. The molecule has 0 aliphatic carbocycles. The van der Waals surface area contributed by atoms with Crippen LogP contribution in [-0.4, -0.2) is 18.4 Å². The first-order chi connectivity index (χ1) is 12.0. The van der Waals surface area contributed by atoms with E-state index in [0.29, 0.717) is 12.8 Å². The quantitative estimate of drug-likeness (QED) is 0.897. The minimum Gasteiger partial charge on any atom is -0.326 e. The first kappa shape index (κ1) is 17.2. The van der Waals surface area contributed by atoms with E-state index in [1.54, 1.807) is 4.90 Å². The molecule has 4 heteroatoms. The third kappa shape index (κ3) is 4.27. The Bertz CT molecular complexity index is 798. The van der Waals surface area contributed by atoms with E-state index in [0.717, 1.165) is 30.8 Å². The average molecular weight is 336 g/mol. The molecule has 1 saturated heterocycles. The predicted octanol–water partition coefficient (Wildman–Crippen LogP) is 4.00. The van der Waals surface area contributed by atoms with E-state index in [4.69, 9.17) is 0 Å². The topological polar surface area (TPSA) is 49.4 Å². The van der Waals surface area contributed by atoms with Crippen LogP contribution in [0.1, 0.15) is 36.0 Å². The van der Waals surface area contributed by atoms with Gasteiger partial charge in [-0.2, -0.15) is 0 Å². The van der Waals surface area contributed by atoms with Gasteiger partial charge < -0.3 is 10.2 Å². The Balaban J connectivity index is 1.59. The lowest BCUT2D eigenvalue weighted by Gasteiger charge is -2.16. The fourth-order valence-corrected chi connectivity index (χ4v) is 3.11. The second kappa shape index (κ2) is 7.51. The van der Waals surface area contributed by atoms with E-state index in [-0.39, 0.29) is 11.8 Å². The number of hydrogen-bond acceptors (Lipinski definition) is 2. The minimum absolute atomic E-state index is 0.0110. The smallest absolute Gasteiger partial charge is 0.227 e. The van der Waals surface area contributed by atoms with Gasteiger partial charge in [-0.15, -0.1) is 0 Å². The molecule has 1 aliphatic heterocycles. The lowest BCUT2D eigenvalue weighted by molar-refractivity contribution is -0.117. The molecule has 0 bridgehead atoms. The number of carbonyl (C=O) groups is 2. The molecule has 0 spiro atoms. The van der Waals surface area contributed by atoms with Crippen molar-refractivity contribution in [1.29, 1.82) is 0 Å². The molecule has 1 fully saturated rings. The van der Waals surface area contributed by atoms with Gasteiger partial charge in [0.25, 0.3) is 0 Å². The molecule has 2 aromatic carbocycles. The maximum absolute atomic E-state index is 12.2. The molecule has 0 unspecified atom stereocenters. The van der Waals surface area contributed by atoms with Gasteiger partial charge in [0.1, 0.15) is 0 Å². The van der Waals surface area contributed by atoms with Crippen LogP contribution >= 0.6 is 0 Å². The van der Waals surface area contributed by atoms with Crippen molar-refractivity contribution in [3.63, 3.8) is 0 Å². The van der Waals surface area contributed by atoms with Crippen molar-refractivity contribution in [2.45, 2.75) is 39.5 Å². The number of aryl methyl sites for hydroxylation is 3. The number of carbonyl (C=O) groups excluding carboxylic acids is 2. The maximum atomic E-state index is 12.2. The van der Waals surface area contributed by atoms with Crippen molar-refractivity contribution < 1.29 is 9.59 Å². The summed E-state index contributed by atoms with van der Waals surface area (Å²) in [6.07, 6.45) is 2.66. The van der Waals surface area contributed by atoms with Gasteiger partial charge in [-0.3, -0.25) is 9.59 Å². The van der Waals surface area contributed by atoms with E-state index < -0.39 is 0 Å². The number of amides is 2. The summed E-state index contributed by atoms with van der Waals surface area (Å²) in [5.74, 6) is 0.140. The molecule has 4 nitrogen and oxygen atoms in total. The van der Waals surface area contributed by atoms with Gasteiger partial charge in [0.05, 0.1) is 0 Å². The van der Waals surface area contributed by atoms with Gasteiger partial charge >= 0.3 is 0 Å². The third-order valence-corrected chi connectivity index (χ3v) is 4.73. The van der Waals surface area contributed by atoms with E-state index in [1.165, 1.54) is 16.7 Å². The Morgan fingerprint density at radius 1 is 1.12 bits per heavy atom. The molecular formula is C21H24N2O2. The molecule has 2 aromatic rings. The maximum Gasteiger partial charge on any atom is 0.227 e. The molecular weight excluding hydrogens is 312 g/mol. The average Bonchev–Trinajstić information content (AvgIpc) is 3.02. The van der Waals surface area contributed by atoms with Gasteiger partial charge in [-0.1, -0.05) is 24.3 Å². The van der Waals surface area contributed by atoms with E-state index in [9.17, 15) is 9.59 Å². The lowest BCUT2D eigenvalue weighted by Crippen LogP contribution is -2.23. The van der Waals surface area contributed by atoms with Crippen LogP contribution in [0.4, 0.5) is 11.4 Å².